The lowest BCUT2D eigenvalue weighted by Crippen LogP contribution is -2.47. The molecule has 7 heteroatoms. The average molecular weight is 317 g/mol. The molecule has 0 unspecified atom stereocenters. The Morgan fingerprint density at radius 2 is 1.87 bits per heavy atom. The summed E-state index contributed by atoms with van der Waals surface area (Å²) in [6, 6.07) is 4.98. The molecule has 0 saturated carbocycles. The molecule has 2 N–H and O–H groups in total. The summed E-state index contributed by atoms with van der Waals surface area (Å²) in [5, 5.41) is 12.0. The second-order valence-corrected chi connectivity index (χ2v) is 5.72. The minimum atomic E-state index is -1.11. The van der Waals surface area contributed by atoms with Crippen molar-refractivity contribution in [2.24, 2.45) is 5.92 Å². The van der Waals surface area contributed by atoms with Crippen molar-refractivity contribution in [2.45, 2.75) is 32.9 Å². The van der Waals surface area contributed by atoms with Crippen LogP contribution < -0.4 is 10.9 Å². The van der Waals surface area contributed by atoms with Gasteiger partial charge in [-0.15, -0.1) is 0 Å². The zero-order valence-corrected chi connectivity index (χ0v) is 13.2. The van der Waals surface area contributed by atoms with Crippen molar-refractivity contribution in [3.63, 3.8) is 0 Å². The van der Waals surface area contributed by atoms with Gasteiger partial charge >= 0.3 is 5.97 Å². The van der Waals surface area contributed by atoms with Crippen molar-refractivity contribution >= 4 is 22.8 Å². The Labute approximate surface area is 133 Å². The van der Waals surface area contributed by atoms with Gasteiger partial charge in [0.05, 0.1) is 17.2 Å². The first kappa shape index (κ1) is 16.7. The van der Waals surface area contributed by atoms with Crippen LogP contribution in [0.2, 0.25) is 0 Å². The molecule has 1 amide bonds. The first-order chi connectivity index (χ1) is 10.8. The molecule has 0 saturated heterocycles. The summed E-state index contributed by atoms with van der Waals surface area (Å²) in [5.74, 6) is -1.91. The average Bonchev–Trinajstić information content (AvgIpc) is 2.51. The maximum absolute atomic E-state index is 12.5. The zero-order chi connectivity index (χ0) is 17.1. The highest BCUT2D eigenvalue weighted by atomic mass is 16.4. The summed E-state index contributed by atoms with van der Waals surface area (Å²) in [6.07, 6.45) is 1.31. The third-order valence-electron chi connectivity index (χ3n) is 3.72. The van der Waals surface area contributed by atoms with Crippen molar-refractivity contribution < 1.29 is 14.7 Å². The molecule has 122 valence electrons. The number of amides is 1. The monoisotopic (exact) mass is 317 g/mol. The second kappa shape index (κ2) is 6.60. The van der Waals surface area contributed by atoms with Gasteiger partial charge in [-0.3, -0.25) is 14.2 Å². The number of hydrogen-bond acceptors (Lipinski definition) is 4. The Bertz CT molecular complexity index is 797. The van der Waals surface area contributed by atoms with E-state index >= 15 is 0 Å². The summed E-state index contributed by atoms with van der Waals surface area (Å²) in [6.45, 7) is 4.94. The van der Waals surface area contributed by atoms with Gasteiger partial charge in [-0.05, 0) is 25.0 Å². The number of fused-ring (bicyclic) bond motifs is 1. The van der Waals surface area contributed by atoms with E-state index in [0.29, 0.717) is 10.9 Å². The number of rotatable bonds is 5. The Kier molecular flexibility index (Phi) is 4.78. The van der Waals surface area contributed by atoms with Crippen LogP contribution in [-0.4, -0.2) is 32.6 Å². The van der Waals surface area contributed by atoms with E-state index in [-0.39, 0.29) is 11.5 Å². The molecular formula is C16H19N3O4. The Morgan fingerprint density at radius 3 is 2.48 bits per heavy atom. The molecule has 1 aromatic heterocycles. The molecule has 0 radical (unpaired) electrons. The molecular weight excluding hydrogens is 298 g/mol. The fraction of sp³-hybridized carbons (Fsp3) is 0.375. The van der Waals surface area contributed by atoms with E-state index in [4.69, 9.17) is 5.11 Å². The lowest BCUT2D eigenvalue weighted by atomic mass is 10.0. The van der Waals surface area contributed by atoms with Gasteiger partial charge in [0.25, 0.3) is 5.56 Å². The van der Waals surface area contributed by atoms with Gasteiger partial charge in [0.1, 0.15) is 12.1 Å². The highest BCUT2D eigenvalue weighted by Crippen LogP contribution is 2.10. The largest absolute Gasteiger partial charge is 0.480 e. The molecule has 0 fully saturated rings. The van der Waals surface area contributed by atoms with E-state index in [1.54, 1.807) is 38.1 Å². The third-order valence-corrected chi connectivity index (χ3v) is 3.72. The van der Waals surface area contributed by atoms with E-state index in [9.17, 15) is 14.4 Å². The number of nitrogens with zero attached hydrogens (tertiary/aromatic N) is 2. The smallest absolute Gasteiger partial charge is 0.326 e. The third kappa shape index (κ3) is 3.39. The molecule has 23 heavy (non-hydrogen) atoms. The molecule has 1 aromatic carbocycles. The predicted molar refractivity (Wildman–Crippen MR) is 85.1 cm³/mol. The van der Waals surface area contributed by atoms with Crippen LogP contribution >= 0.6 is 0 Å². The van der Waals surface area contributed by atoms with Crippen molar-refractivity contribution in [1.29, 1.82) is 0 Å². The van der Waals surface area contributed by atoms with Gasteiger partial charge in [0, 0.05) is 0 Å². The standard InChI is InChI=1S/C16H19N3O4/c1-9(2)13(16(22)23)18-14(20)10(3)19-8-17-12-7-5-4-6-11(12)15(19)21/h4-10,13H,1-3H3,(H,18,20)(H,22,23)/t10-,13-/m0/s1. The number of benzene rings is 1. The minimum Gasteiger partial charge on any atom is -0.480 e. The number of carboxylic acids is 1. The van der Waals surface area contributed by atoms with Crippen LogP contribution in [-0.2, 0) is 9.59 Å². The first-order valence-electron chi connectivity index (χ1n) is 7.32. The lowest BCUT2D eigenvalue weighted by molar-refractivity contribution is -0.143. The van der Waals surface area contributed by atoms with Gasteiger partial charge in [0.2, 0.25) is 5.91 Å². The van der Waals surface area contributed by atoms with Gasteiger partial charge in [-0.25, -0.2) is 9.78 Å². The molecule has 2 atom stereocenters. The van der Waals surface area contributed by atoms with Crippen molar-refractivity contribution in [1.82, 2.24) is 14.9 Å². The number of para-hydroxylation sites is 1. The van der Waals surface area contributed by atoms with E-state index < -0.39 is 24.0 Å². The maximum atomic E-state index is 12.5. The molecule has 0 spiro atoms. The molecule has 0 bridgehead atoms. The van der Waals surface area contributed by atoms with Gasteiger partial charge in [-0.1, -0.05) is 26.0 Å². The minimum absolute atomic E-state index is 0.268. The number of carbonyl (C=O) groups is 2. The molecule has 1 heterocycles. The first-order valence-corrected chi connectivity index (χ1v) is 7.32. The summed E-state index contributed by atoms with van der Waals surface area (Å²) in [7, 11) is 0. The SMILES string of the molecule is CC(C)[C@H](NC(=O)[C@H](C)n1cnc2ccccc2c1=O)C(=O)O. The Balaban J connectivity index is 2.31. The van der Waals surface area contributed by atoms with Crippen molar-refractivity contribution in [2.75, 3.05) is 0 Å². The quantitative estimate of drug-likeness (QED) is 0.862. The fourth-order valence-electron chi connectivity index (χ4n) is 2.27. The topological polar surface area (TPSA) is 101 Å². The van der Waals surface area contributed by atoms with Crippen LogP contribution in [0, 0.1) is 5.92 Å². The highest BCUT2D eigenvalue weighted by Gasteiger charge is 2.26. The van der Waals surface area contributed by atoms with E-state index in [0.717, 1.165) is 0 Å². The van der Waals surface area contributed by atoms with E-state index in [2.05, 4.69) is 10.3 Å². The number of nitrogens with one attached hydrogen (secondary N) is 1. The Hall–Kier alpha value is -2.70. The predicted octanol–water partition coefficient (Wildman–Crippen LogP) is 1.18. The van der Waals surface area contributed by atoms with Crippen LogP contribution in [0.25, 0.3) is 10.9 Å². The van der Waals surface area contributed by atoms with Crippen molar-refractivity contribution in [3.05, 3.63) is 40.9 Å². The van der Waals surface area contributed by atoms with Crippen LogP contribution in [0.5, 0.6) is 0 Å². The zero-order valence-electron chi connectivity index (χ0n) is 13.2. The van der Waals surface area contributed by atoms with Gasteiger partial charge in [-0.2, -0.15) is 0 Å². The van der Waals surface area contributed by atoms with Crippen LogP contribution in [0.15, 0.2) is 35.4 Å². The molecule has 2 rings (SSSR count). The summed E-state index contributed by atoms with van der Waals surface area (Å²) >= 11 is 0. The summed E-state index contributed by atoms with van der Waals surface area (Å²) in [5.41, 5.74) is 0.210. The number of aromatic nitrogens is 2. The second-order valence-electron chi connectivity index (χ2n) is 5.72. The van der Waals surface area contributed by atoms with Crippen LogP contribution in [0.4, 0.5) is 0 Å². The molecule has 0 aliphatic heterocycles. The molecule has 0 aliphatic carbocycles. The summed E-state index contributed by atoms with van der Waals surface area (Å²) < 4.78 is 1.21. The number of hydrogen-bond donors (Lipinski definition) is 2. The van der Waals surface area contributed by atoms with E-state index in [1.165, 1.54) is 17.8 Å². The molecule has 7 nitrogen and oxygen atoms in total. The van der Waals surface area contributed by atoms with Crippen molar-refractivity contribution in [3.8, 4) is 0 Å². The maximum Gasteiger partial charge on any atom is 0.326 e. The van der Waals surface area contributed by atoms with Gasteiger partial charge < -0.3 is 10.4 Å². The number of aliphatic carboxylic acids is 1. The van der Waals surface area contributed by atoms with Crippen LogP contribution in [0.1, 0.15) is 26.8 Å². The normalized spacial score (nSPS) is 13.7. The highest BCUT2D eigenvalue weighted by molar-refractivity contribution is 5.86. The summed E-state index contributed by atoms with van der Waals surface area (Å²) in [4.78, 5) is 40.1. The van der Waals surface area contributed by atoms with Crippen LogP contribution in [0.3, 0.4) is 0 Å². The van der Waals surface area contributed by atoms with Gasteiger partial charge in [0.15, 0.2) is 0 Å². The Morgan fingerprint density at radius 1 is 1.22 bits per heavy atom. The fourth-order valence-corrected chi connectivity index (χ4v) is 2.27. The number of carbonyl (C=O) groups excluding carboxylic acids is 1. The lowest BCUT2D eigenvalue weighted by Gasteiger charge is -2.21. The molecule has 2 aromatic rings. The number of carboxylic acid groups (broad SMARTS) is 1. The van der Waals surface area contributed by atoms with E-state index in [1.807, 2.05) is 0 Å². The molecule has 0 aliphatic rings.